The molecule has 1 unspecified atom stereocenters. The molecule has 17 heavy (non-hydrogen) atoms. The third kappa shape index (κ3) is 6.39. The van der Waals surface area contributed by atoms with Crippen LogP contribution in [0.3, 0.4) is 0 Å². The summed E-state index contributed by atoms with van der Waals surface area (Å²) in [7, 11) is 0. The first-order valence-electron chi connectivity index (χ1n) is 6.70. The first kappa shape index (κ1) is 14.1. The Labute approximate surface area is 105 Å². The van der Waals surface area contributed by atoms with Gasteiger partial charge in [0.25, 0.3) is 0 Å². The summed E-state index contributed by atoms with van der Waals surface area (Å²) >= 11 is 0. The summed E-state index contributed by atoms with van der Waals surface area (Å²) < 4.78 is 0. The number of nitrogens with two attached hydrogens (primary N) is 1. The van der Waals surface area contributed by atoms with Gasteiger partial charge in [-0.05, 0) is 37.9 Å². The van der Waals surface area contributed by atoms with Crippen LogP contribution in [0.5, 0.6) is 0 Å². The molecule has 0 fully saturated rings. The lowest BCUT2D eigenvalue weighted by Gasteiger charge is -2.16. The minimum absolute atomic E-state index is 0.606. The number of aromatic nitrogens is 1. The largest absolute Gasteiger partial charge is 0.330 e. The predicted molar refractivity (Wildman–Crippen MR) is 72.7 cm³/mol. The Morgan fingerprint density at radius 1 is 1.29 bits per heavy atom. The van der Waals surface area contributed by atoms with Gasteiger partial charge in [-0.2, -0.15) is 0 Å². The van der Waals surface area contributed by atoms with Crippen LogP contribution in [0, 0.1) is 0 Å². The Hall–Kier alpha value is -0.930. The second-order valence-electron chi connectivity index (χ2n) is 4.45. The van der Waals surface area contributed by atoms with E-state index in [2.05, 4.69) is 23.3 Å². The molecule has 0 aliphatic carbocycles. The number of pyridine rings is 1. The van der Waals surface area contributed by atoms with Gasteiger partial charge in [-0.15, -0.1) is 0 Å². The first-order valence-corrected chi connectivity index (χ1v) is 6.70. The van der Waals surface area contributed by atoms with Gasteiger partial charge in [-0.25, -0.2) is 0 Å². The Bertz CT molecular complexity index is 274. The quantitative estimate of drug-likeness (QED) is 0.646. The second kappa shape index (κ2) is 9.14. The van der Waals surface area contributed by atoms with Gasteiger partial charge >= 0.3 is 0 Å². The van der Waals surface area contributed by atoms with E-state index in [1.807, 2.05) is 18.3 Å². The molecule has 1 rings (SSSR count). The van der Waals surface area contributed by atoms with Crippen LogP contribution in [-0.2, 0) is 6.54 Å². The molecular weight excluding hydrogens is 210 g/mol. The second-order valence-corrected chi connectivity index (χ2v) is 4.45. The highest BCUT2D eigenvalue weighted by Gasteiger charge is 2.05. The Balaban J connectivity index is 2.18. The highest BCUT2D eigenvalue weighted by atomic mass is 14.9. The van der Waals surface area contributed by atoms with Crippen LogP contribution in [-0.4, -0.2) is 17.6 Å². The van der Waals surface area contributed by atoms with Crippen molar-refractivity contribution in [1.82, 2.24) is 10.3 Å². The van der Waals surface area contributed by atoms with Crippen molar-refractivity contribution in [3.05, 3.63) is 30.1 Å². The number of hydrogen-bond donors (Lipinski definition) is 2. The van der Waals surface area contributed by atoms with Crippen molar-refractivity contribution >= 4 is 0 Å². The smallest absolute Gasteiger partial charge is 0.0541 e. The fourth-order valence-corrected chi connectivity index (χ4v) is 1.91. The molecule has 0 spiro atoms. The lowest BCUT2D eigenvalue weighted by molar-refractivity contribution is 0.442. The van der Waals surface area contributed by atoms with Crippen molar-refractivity contribution in [2.45, 2.75) is 51.6 Å². The van der Waals surface area contributed by atoms with E-state index in [1.54, 1.807) is 0 Å². The zero-order chi connectivity index (χ0) is 12.3. The zero-order valence-electron chi connectivity index (χ0n) is 10.9. The number of nitrogens with one attached hydrogen (secondary N) is 1. The van der Waals surface area contributed by atoms with E-state index in [-0.39, 0.29) is 0 Å². The van der Waals surface area contributed by atoms with Crippen LogP contribution < -0.4 is 11.1 Å². The maximum absolute atomic E-state index is 5.49. The van der Waals surface area contributed by atoms with Gasteiger partial charge in [0.15, 0.2) is 0 Å². The summed E-state index contributed by atoms with van der Waals surface area (Å²) in [5.41, 5.74) is 6.61. The molecule has 0 amide bonds. The third-order valence-electron chi connectivity index (χ3n) is 3.05. The number of unbranched alkanes of at least 4 members (excludes halogenated alkanes) is 2. The summed E-state index contributed by atoms with van der Waals surface area (Å²) in [5, 5.41) is 3.57. The summed E-state index contributed by atoms with van der Waals surface area (Å²) in [6.07, 6.45) is 7.93. The van der Waals surface area contributed by atoms with Crippen LogP contribution in [0.2, 0.25) is 0 Å². The molecule has 0 aliphatic rings. The third-order valence-corrected chi connectivity index (χ3v) is 3.05. The standard InChI is InChI=1S/C14H25N3/c1-2-13(8-4-3-6-10-15)17-12-14-9-5-7-11-16-14/h5,7,9,11,13,17H,2-4,6,8,10,12,15H2,1H3. The van der Waals surface area contributed by atoms with Gasteiger partial charge in [0.2, 0.25) is 0 Å². The number of nitrogens with zero attached hydrogens (tertiary/aromatic N) is 1. The first-order chi connectivity index (χ1) is 8.36. The molecule has 1 atom stereocenters. The van der Waals surface area contributed by atoms with E-state index in [4.69, 9.17) is 5.73 Å². The fraction of sp³-hybridized carbons (Fsp3) is 0.643. The van der Waals surface area contributed by atoms with Gasteiger partial charge in [0.1, 0.15) is 0 Å². The molecule has 0 bridgehead atoms. The summed E-state index contributed by atoms with van der Waals surface area (Å²) in [6.45, 7) is 3.92. The van der Waals surface area contributed by atoms with Crippen molar-refractivity contribution < 1.29 is 0 Å². The van der Waals surface area contributed by atoms with Crippen molar-refractivity contribution in [1.29, 1.82) is 0 Å². The molecule has 0 aliphatic heterocycles. The van der Waals surface area contributed by atoms with Gasteiger partial charge in [0.05, 0.1) is 5.69 Å². The van der Waals surface area contributed by atoms with E-state index in [9.17, 15) is 0 Å². The Morgan fingerprint density at radius 2 is 2.18 bits per heavy atom. The maximum Gasteiger partial charge on any atom is 0.0541 e. The SMILES string of the molecule is CCC(CCCCCN)NCc1ccccn1. The molecule has 1 heterocycles. The molecule has 96 valence electrons. The molecule has 3 heteroatoms. The summed E-state index contributed by atoms with van der Waals surface area (Å²) in [6, 6.07) is 6.66. The summed E-state index contributed by atoms with van der Waals surface area (Å²) in [4.78, 5) is 4.32. The number of rotatable bonds is 9. The van der Waals surface area contributed by atoms with Crippen molar-refractivity contribution in [2.75, 3.05) is 6.54 Å². The number of hydrogen-bond acceptors (Lipinski definition) is 3. The van der Waals surface area contributed by atoms with Crippen molar-refractivity contribution in [3.8, 4) is 0 Å². The highest BCUT2D eigenvalue weighted by Crippen LogP contribution is 2.07. The molecule has 0 saturated heterocycles. The topological polar surface area (TPSA) is 50.9 Å². The van der Waals surface area contributed by atoms with E-state index >= 15 is 0 Å². The van der Waals surface area contributed by atoms with Crippen molar-refractivity contribution in [3.63, 3.8) is 0 Å². The van der Waals surface area contributed by atoms with E-state index in [0.29, 0.717) is 6.04 Å². The normalized spacial score (nSPS) is 12.6. The molecule has 1 aromatic heterocycles. The summed E-state index contributed by atoms with van der Waals surface area (Å²) in [5.74, 6) is 0. The van der Waals surface area contributed by atoms with E-state index in [0.717, 1.165) is 25.2 Å². The Morgan fingerprint density at radius 3 is 2.82 bits per heavy atom. The zero-order valence-corrected chi connectivity index (χ0v) is 10.9. The average molecular weight is 235 g/mol. The molecule has 3 nitrogen and oxygen atoms in total. The van der Waals surface area contributed by atoms with Crippen molar-refractivity contribution in [2.24, 2.45) is 5.73 Å². The molecule has 1 aromatic rings. The van der Waals surface area contributed by atoms with Gasteiger partial charge < -0.3 is 11.1 Å². The van der Waals surface area contributed by atoms with E-state index < -0.39 is 0 Å². The lowest BCUT2D eigenvalue weighted by Crippen LogP contribution is -2.28. The van der Waals surface area contributed by atoms with Crippen LogP contribution in [0.1, 0.15) is 44.7 Å². The molecule has 3 N–H and O–H groups in total. The molecule has 0 aromatic carbocycles. The average Bonchev–Trinajstić information content (AvgIpc) is 2.39. The van der Waals surface area contributed by atoms with Crippen LogP contribution in [0.15, 0.2) is 24.4 Å². The van der Waals surface area contributed by atoms with Crippen LogP contribution in [0.4, 0.5) is 0 Å². The highest BCUT2D eigenvalue weighted by molar-refractivity contribution is 5.03. The Kier molecular flexibility index (Phi) is 7.60. The van der Waals surface area contributed by atoms with Crippen LogP contribution >= 0.6 is 0 Å². The monoisotopic (exact) mass is 235 g/mol. The van der Waals surface area contributed by atoms with Gasteiger partial charge in [-0.1, -0.05) is 25.8 Å². The van der Waals surface area contributed by atoms with Gasteiger partial charge in [-0.3, -0.25) is 4.98 Å². The lowest BCUT2D eigenvalue weighted by atomic mass is 10.1. The predicted octanol–water partition coefficient (Wildman–Crippen LogP) is 2.47. The fourth-order valence-electron chi connectivity index (χ4n) is 1.91. The molecule has 0 radical (unpaired) electrons. The molecule has 0 saturated carbocycles. The minimum atomic E-state index is 0.606. The minimum Gasteiger partial charge on any atom is -0.330 e. The maximum atomic E-state index is 5.49. The van der Waals surface area contributed by atoms with Gasteiger partial charge in [0, 0.05) is 18.8 Å². The molecular formula is C14H25N3. The van der Waals surface area contributed by atoms with E-state index in [1.165, 1.54) is 25.7 Å². The van der Waals surface area contributed by atoms with Crippen LogP contribution in [0.25, 0.3) is 0 Å².